The zero-order chi connectivity index (χ0) is 14.9. The van der Waals surface area contributed by atoms with Crippen LogP contribution < -0.4 is 0 Å². The largest absolute Gasteiger partial charge is 0.466 e. The van der Waals surface area contributed by atoms with Crippen molar-refractivity contribution in [2.24, 2.45) is 10.8 Å². The van der Waals surface area contributed by atoms with Crippen molar-refractivity contribution in [3.63, 3.8) is 0 Å². The molecule has 1 aliphatic carbocycles. The summed E-state index contributed by atoms with van der Waals surface area (Å²) in [7, 11) is 4.19. The summed E-state index contributed by atoms with van der Waals surface area (Å²) in [6, 6.07) is 0. The minimum Gasteiger partial charge on any atom is -0.466 e. The molecule has 0 N–H and O–H groups in total. The molecule has 0 aromatic heterocycles. The Hall–Kier alpha value is -0.570. The third-order valence-electron chi connectivity index (χ3n) is 4.30. The van der Waals surface area contributed by atoms with Crippen LogP contribution in [0.5, 0.6) is 0 Å². The van der Waals surface area contributed by atoms with E-state index in [1.54, 1.807) is 0 Å². The average Bonchev–Trinajstić information content (AvgIpc) is 2.11. The van der Waals surface area contributed by atoms with Gasteiger partial charge in [-0.1, -0.05) is 27.7 Å². The van der Waals surface area contributed by atoms with Gasteiger partial charge in [-0.15, -0.1) is 0 Å². The molecule has 0 spiro atoms. The number of ether oxygens (including phenoxy) is 1. The normalized spacial score (nSPS) is 24.2. The molecule has 1 fully saturated rings. The van der Waals surface area contributed by atoms with Gasteiger partial charge in [-0.2, -0.15) is 0 Å². The van der Waals surface area contributed by atoms with E-state index in [1.807, 2.05) is 6.92 Å². The summed E-state index contributed by atoms with van der Waals surface area (Å²) in [4.78, 5) is 14.2. The molecule has 112 valence electrons. The minimum absolute atomic E-state index is 0.0651. The highest BCUT2D eigenvalue weighted by Gasteiger charge is 2.49. The highest BCUT2D eigenvalue weighted by atomic mass is 16.5. The smallest absolute Gasteiger partial charge is 0.307 e. The van der Waals surface area contributed by atoms with Crippen LogP contribution >= 0.6 is 0 Å². The number of nitrogens with zero attached hydrogens (tertiary/aromatic N) is 1. The van der Waals surface area contributed by atoms with E-state index in [-0.39, 0.29) is 22.3 Å². The summed E-state index contributed by atoms with van der Waals surface area (Å²) in [5.74, 6) is -0.0651. The lowest BCUT2D eigenvalue weighted by Crippen LogP contribution is -2.55. The minimum atomic E-state index is -0.0719. The first kappa shape index (κ1) is 16.5. The highest BCUT2D eigenvalue weighted by Crippen LogP contribution is 2.52. The van der Waals surface area contributed by atoms with Crippen LogP contribution in [-0.2, 0) is 9.53 Å². The van der Waals surface area contributed by atoms with Crippen molar-refractivity contribution in [1.29, 1.82) is 0 Å². The van der Waals surface area contributed by atoms with Crippen molar-refractivity contribution in [2.75, 3.05) is 20.7 Å². The molecule has 3 heteroatoms. The number of hydrogen-bond donors (Lipinski definition) is 0. The maximum absolute atomic E-state index is 12.0. The number of hydrogen-bond acceptors (Lipinski definition) is 3. The number of carbonyl (C=O) groups is 1. The molecule has 1 saturated carbocycles. The lowest BCUT2D eigenvalue weighted by atomic mass is 9.57. The summed E-state index contributed by atoms with van der Waals surface area (Å²) in [5, 5.41) is 0. The highest BCUT2D eigenvalue weighted by molar-refractivity contribution is 5.71. The molecule has 1 rings (SSSR count). The molecule has 0 unspecified atom stereocenters. The molecule has 0 aromatic rings. The molecular weight excluding hydrogens is 238 g/mol. The summed E-state index contributed by atoms with van der Waals surface area (Å²) in [6.45, 7) is 11.6. The Bertz CT molecular complexity index is 316. The maximum Gasteiger partial charge on any atom is 0.307 e. The molecule has 0 radical (unpaired) electrons. The first-order valence-electron chi connectivity index (χ1n) is 7.35. The van der Waals surface area contributed by atoms with Crippen molar-refractivity contribution in [3.05, 3.63) is 0 Å². The summed E-state index contributed by atoms with van der Waals surface area (Å²) >= 11 is 0. The van der Waals surface area contributed by atoms with Crippen LogP contribution in [0, 0.1) is 10.8 Å². The average molecular weight is 269 g/mol. The van der Waals surface area contributed by atoms with E-state index in [1.165, 1.54) is 6.42 Å². The fraction of sp³-hybridized carbons (Fsp3) is 0.938. The van der Waals surface area contributed by atoms with Crippen molar-refractivity contribution >= 4 is 5.97 Å². The van der Waals surface area contributed by atoms with E-state index >= 15 is 0 Å². The molecule has 0 atom stereocenters. The van der Waals surface area contributed by atoms with E-state index in [2.05, 4.69) is 46.7 Å². The lowest BCUT2D eigenvalue weighted by molar-refractivity contribution is -0.149. The molecule has 19 heavy (non-hydrogen) atoms. The third-order valence-corrected chi connectivity index (χ3v) is 4.30. The van der Waals surface area contributed by atoms with E-state index in [4.69, 9.17) is 4.74 Å². The van der Waals surface area contributed by atoms with Crippen molar-refractivity contribution in [3.8, 4) is 0 Å². The van der Waals surface area contributed by atoms with E-state index in [0.717, 1.165) is 12.8 Å². The van der Waals surface area contributed by atoms with Crippen molar-refractivity contribution in [2.45, 2.75) is 65.8 Å². The van der Waals surface area contributed by atoms with Crippen LogP contribution in [0.2, 0.25) is 0 Å². The summed E-state index contributed by atoms with van der Waals surface area (Å²) < 4.78 is 5.19. The zero-order valence-electron chi connectivity index (χ0n) is 13.8. The van der Waals surface area contributed by atoms with Gasteiger partial charge < -0.3 is 9.64 Å². The Morgan fingerprint density at radius 3 is 1.89 bits per heavy atom. The van der Waals surface area contributed by atoms with Gasteiger partial charge in [-0.25, -0.2) is 0 Å². The van der Waals surface area contributed by atoms with Crippen molar-refractivity contribution < 1.29 is 9.53 Å². The van der Waals surface area contributed by atoms with Crippen LogP contribution in [0.4, 0.5) is 0 Å². The first-order chi connectivity index (χ1) is 8.52. The molecule has 0 aliphatic heterocycles. The van der Waals surface area contributed by atoms with E-state index in [9.17, 15) is 4.79 Å². The Labute approximate surface area is 118 Å². The second kappa shape index (κ2) is 5.43. The predicted octanol–water partition coefficient (Wildman–Crippen LogP) is 3.48. The summed E-state index contributed by atoms with van der Waals surface area (Å²) in [5.41, 5.74) is 0.453. The predicted molar refractivity (Wildman–Crippen MR) is 79.1 cm³/mol. The Kier molecular flexibility index (Phi) is 4.71. The molecule has 1 aliphatic rings. The molecule has 3 nitrogen and oxygen atoms in total. The zero-order valence-corrected chi connectivity index (χ0v) is 13.8. The Balaban J connectivity index is 3.01. The van der Waals surface area contributed by atoms with Gasteiger partial charge in [0, 0.05) is 5.54 Å². The quantitative estimate of drug-likeness (QED) is 0.732. The van der Waals surface area contributed by atoms with Gasteiger partial charge >= 0.3 is 5.97 Å². The van der Waals surface area contributed by atoms with Gasteiger partial charge in [-0.3, -0.25) is 4.79 Å². The van der Waals surface area contributed by atoms with Gasteiger partial charge in [0.2, 0.25) is 0 Å². The molecule has 0 heterocycles. The fourth-order valence-electron chi connectivity index (χ4n) is 4.34. The van der Waals surface area contributed by atoms with Crippen molar-refractivity contribution in [1.82, 2.24) is 4.90 Å². The first-order valence-corrected chi connectivity index (χ1v) is 7.35. The Morgan fingerprint density at radius 1 is 1.05 bits per heavy atom. The van der Waals surface area contributed by atoms with Crippen LogP contribution in [0.1, 0.15) is 60.3 Å². The second-order valence-corrected chi connectivity index (χ2v) is 7.96. The Morgan fingerprint density at radius 2 is 1.53 bits per heavy atom. The van der Waals surface area contributed by atoms with Gasteiger partial charge in [0.25, 0.3) is 0 Å². The topological polar surface area (TPSA) is 29.5 Å². The number of carbonyl (C=O) groups excluding carboxylic acids is 1. The van der Waals surface area contributed by atoms with Crippen LogP contribution in [0.25, 0.3) is 0 Å². The van der Waals surface area contributed by atoms with Gasteiger partial charge in [0.05, 0.1) is 13.0 Å². The maximum atomic E-state index is 12.0. The fourth-order valence-corrected chi connectivity index (χ4v) is 4.34. The van der Waals surface area contributed by atoms with Gasteiger partial charge in [0.15, 0.2) is 0 Å². The summed E-state index contributed by atoms with van der Waals surface area (Å²) in [6.07, 6.45) is 3.81. The second-order valence-electron chi connectivity index (χ2n) is 7.96. The van der Waals surface area contributed by atoms with Gasteiger partial charge in [-0.05, 0) is 51.1 Å². The molecule has 0 amide bonds. The molecule has 0 aromatic carbocycles. The van der Waals surface area contributed by atoms with Crippen LogP contribution in [0.3, 0.4) is 0 Å². The standard InChI is InChI=1S/C16H31NO2/c1-8-19-13(18)9-16(17(6)7)11-14(2,3)10-15(4,5)12-16/h8-12H2,1-7H3. The van der Waals surface area contributed by atoms with Crippen LogP contribution in [0.15, 0.2) is 0 Å². The van der Waals surface area contributed by atoms with E-state index < -0.39 is 0 Å². The molecular formula is C16H31NO2. The van der Waals surface area contributed by atoms with Gasteiger partial charge in [0.1, 0.15) is 0 Å². The van der Waals surface area contributed by atoms with Crippen LogP contribution in [-0.4, -0.2) is 37.1 Å². The number of esters is 1. The molecule has 0 bridgehead atoms. The third kappa shape index (κ3) is 4.20. The number of rotatable bonds is 4. The SMILES string of the molecule is CCOC(=O)CC1(N(C)C)CC(C)(C)CC(C)(C)C1. The monoisotopic (exact) mass is 269 g/mol. The van der Waals surface area contributed by atoms with E-state index in [0.29, 0.717) is 13.0 Å². The molecule has 0 saturated heterocycles. The lowest BCUT2D eigenvalue weighted by Gasteiger charge is -2.54.